The number of nitrogens with one attached hydrogen (secondary N) is 1. The normalized spacial score (nSPS) is 10.3. The molecule has 0 unspecified atom stereocenters. The molecule has 0 aliphatic carbocycles. The van der Waals surface area contributed by atoms with Gasteiger partial charge in [0.1, 0.15) is 0 Å². The van der Waals surface area contributed by atoms with Crippen LogP contribution in [0.4, 0.5) is 5.69 Å². The molecule has 0 bridgehead atoms. The van der Waals surface area contributed by atoms with Crippen molar-refractivity contribution in [3.63, 3.8) is 0 Å². The van der Waals surface area contributed by atoms with Crippen LogP contribution in [0, 0.1) is 5.92 Å². The smallest absolute Gasteiger partial charge is 0.251 e. The summed E-state index contributed by atoms with van der Waals surface area (Å²) in [5.41, 5.74) is 1.60. The average molecular weight is 248 g/mol. The second-order valence-corrected chi connectivity index (χ2v) is 4.74. The maximum absolute atomic E-state index is 11.8. The number of anilines is 1. The van der Waals surface area contributed by atoms with Gasteiger partial charge in [0.05, 0.1) is 6.54 Å². The SMILES string of the molecule is CC(C)C(=O)CNC(=O)c1ccc(N(C)C)cc1. The molecule has 18 heavy (non-hydrogen) atoms. The average Bonchev–Trinajstić information content (AvgIpc) is 2.35. The molecule has 1 aromatic rings. The minimum absolute atomic E-state index is 0.0354. The highest BCUT2D eigenvalue weighted by atomic mass is 16.2. The highest BCUT2D eigenvalue weighted by Crippen LogP contribution is 2.12. The number of carbonyl (C=O) groups is 2. The van der Waals surface area contributed by atoms with Crippen molar-refractivity contribution >= 4 is 17.4 Å². The molecule has 0 saturated carbocycles. The molecule has 4 heteroatoms. The fraction of sp³-hybridized carbons (Fsp3) is 0.429. The van der Waals surface area contributed by atoms with E-state index in [1.165, 1.54) is 0 Å². The quantitative estimate of drug-likeness (QED) is 0.863. The maximum atomic E-state index is 11.8. The van der Waals surface area contributed by atoms with Crippen LogP contribution in [-0.4, -0.2) is 32.3 Å². The predicted molar refractivity (Wildman–Crippen MR) is 72.9 cm³/mol. The van der Waals surface area contributed by atoms with Gasteiger partial charge in [-0.05, 0) is 24.3 Å². The molecule has 0 heterocycles. The summed E-state index contributed by atoms with van der Waals surface area (Å²) in [6.45, 7) is 3.73. The Hall–Kier alpha value is -1.84. The van der Waals surface area contributed by atoms with E-state index in [0.29, 0.717) is 5.56 Å². The zero-order valence-corrected chi connectivity index (χ0v) is 11.4. The van der Waals surface area contributed by atoms with Crippen LogP contribution in [-0.2, 0) is 4.79 Å². The number of hydrogen-bond donors (Lipinski definition) is 1. The molecule has 1 N–H and O–H groups in total. The van der Waals surface area contributed by atoms with Gasteiger partial charge in [-0.15, -0.1) is 0 Å². The van der Waals surface area contributed by atoms with E-state index >= 15 is 0 Å². The van der Waals surface area contributed by atoms with E-state index in [1.54, 1.807) is 12.1 Å². The third-order valence-electron chi connectivity index (χ3n) is 2.71. The van der Waals surface area contributed by atoms with Crippen molar-refractivity contribution in [2.45, 2.75) is 13.8 Å². The van der Waals surface area contributed by atoms with Crippen molar-refractivity contribution in [1.82, 2.24) is 5.32 Å². The molecule has 1 rings (SSSR count). The molecule has 0 saturated heterocycles. The molecular formula is C14H20N2O2. The monoisotopic (exact) mass is 248 g/mol. The second kappa shape index (κ2) is 6.19. The molecule has 0 atom stereocenters. The number of Topliss-reactive ketones (excluding diaryl/α,β-unsaturated/α-hetero) is 1. The summed E-state index contributed by atoms with van der Waals surface area (Å²) < 4.78 is 0. The fourth-order valence-corrected chi connectivity index (χ4v) is 1.38. The first-order chi connectivity index (χ1) is 8.41. The lowest BCUT2D eigenvalue weighted by Gasteiger charge is -2.12. The van der Waals surface area contributed by atoms with Gasteiger partial charge in [-0.1, -0.05) is 13.8 Å². The van der Waals surface area contributed by atoms with Gasteiger partial charge in [-0.3, -0.25) is 9.59 Å². The lowest BCUT2D eigenvalue weighted by Crippen LogP contribution is -2.31. The zero-order chi connectivity index (χ0) is 13.7. The van der Waals surface area contributed by atoms with Crippen LogP contribution in [0.3, 0.4) is 0 Å². The van der Waals surface area contributed by atoms with E-state index in [9.17, 15) is 9.59 Å². The minimum Gasteiger partial charge on any atom is -0.378 e. The molecule has 0 aromatic heterocycles. The standard InChI is InChI=1S/C14H20N2O2/c1-10(2)13(17)9-15-14(18)11-5-7-12(8-6-11)16(3)4/h5-8,10H,9H2,1-4H3,(H,15,18). The van der Waals surface area contributed by atoms with Gasteiger partial charge >= 0.3 is 0 Å². The molecule has 1 aromatic carbocycles. The predicted octanol–water partition coefficient (Wildman–Crippen LogP) is 1.71. The molecule has 1 amide bonds. The van der Waals surface area contributed by atoms with Gasteiger partial charge in [-0.25, -0.2) is 0 Å². The van der Waals surface area contributed by atoms with Gasteiger partial charge in [0.2, 0.25) is 0 Å². The fourth-order valence-electron chi connectivity index (χ4n) is 1.38. The third kappa shape index (κ3) is 3.87. The van der Waals surface area contributed by atoms with Gasteiger partial charge in [0, 0.05) is 31.3 Å². The number of amides is 1. The van der Waals surface area contributed by atoms with Crippen LogP contribution < -0.4 is 10.2 Å². The maximum Gasteiger partial charge on any atom is 0.251 e. The third-order valence-corrected chi connectivity index (χ3v) is 2.71. The van der Waals surface area contributed by atoms with Crippen LogP contribution in [0.2, 0.25) is 0 Å². The first kappa shape index (κ1) is 14.2. The van der Waals surface area contributed by atoms with Gasteiger partial charge in [0.25, 0.3) is 5.91 Å². The van der Waals surface area contributed by atoms with Gasteiger partial charge in [-0.2, -0.15) is 0 Å². The number of nitrogens with zero attached hydrogens (tertiary/aromatic N) is 1. The molecule has 0 aliphatic heterocycles. The van der Waals surface area contributed by atoms with Crippen LogP contribution in [0.25, 0.3) is 0 Å². The Kier molecular flexibility index (Phi) is 4.89. The Labute approximate surface area is 108 Å². The van der Waals surface area contributed by atoms with Crippen molar-refractivity contribution in [3.05, 3.63) is 29.8 Å². The molecule has 0 aliphatic rings. The van der Waals surface area contributed by atoms with Crippen LogP contribution in [0.15, 0.2) is 24.3 Å². The Balaban J connectivity index is 2.59. The van der Waals surface area contributed by atoms with Crippen molar-refractivity contribution in [1.29, 1.82) is 0 Å². The summed E-state index contributed by atoms with van der Waals surface area (Å²) in [6.07, 6.45) is 0. The van der Waals surface area contributed by atoms with E-state index in [0.717, 1.165) is 5.69 Å². The summed E-state index contributed by atoms with van der Waals surface area (Å²) in [7, 11) is 3.88. The second-order valence-electron chi connectivity index (χ2n) is 4.74. The lowest BCUT2D eigenvalue weighted by molar-refractivity contribution is -0.120. The first-order valence-electron chi connectivity index (χ1n) is 6.00. The number of carbonyl (C=O) groups excluding carboxylic acids is 2. The molecule has 0 spiro atoms. The Morgan fingerprint density at radius 1 is 1.17 bits per heavy atom. The van der Waals surface area contributed by atoms with Crippen LogP contribution in [0.1, 0.15) is 24.2 Å². The van der Waals surface area contributed by atoms with E-state index in [4.69, 9.17) is 0 Å². The Morgan fingerprint density at radius 2 is 1.72 bits per heavy atom. The van der Waals surface area contributed by atoms with Gasteiger partial charge < -0.3 is 10.2 Å². The number of benzene rings is 1. The largest absolute Gasteiger partial charge is 0.378 e. The van der Waals surface area contributed by atoms with Crippen LogP contribution >= 0.6 is 0 Å². The number of rotatable bonds is 5. The van der Waals surface area contributed by atoms with Crippen molar-refractivity contribution in [2.24, 2.45) is 5.92 Å². The summed E-state index contributed by atoms with van der Waals surface area (Å²) in [5, 5.41) is 2.63. The molecule has 0 radical (unpaired) electrons. The van der Waals surface area contributed by atoms with Gasteiger partial charge in [0.15, 0.2) is 5.78 Å². The van der Waals surface area contributed by atoms with E-state index in [2.05, 4.69) is 5.32 Å². The molecule has 98 valence electrons. The zero-order valence-electron chi connectivity index (χ0n) is 11.4. The van der Waals surface area contributed by atoms with Crippen molar-refractivity contribution < 1.29 is 9.59 Å². The Morgan fingerprint density at radius 3 is 2.17 bits per heavy atom. The topological polar surface area (TPSA) is 49.4 Å². The number of ketones is 1. The summed E-state index contributed by atoms with van der Waals surface area (Å²) in [6, 6.07) is 7.26. The van der Waals surface area contributed by atoms with Crippen molar-refractivity contribution in [2.75, 3.05) is 25.5 Å². The summed E-state index contributed by atoms with van der Waals surface area (Å²) in [5.74, 6) is -0.232. The minimum atomic E-state index is -0.214. The van der Waals surface area contributed by atoms with Crippen molar-refractivity contribution in [3.8, 4) is 0 Å². The molecule has 4 nitrogen and oxygen atoms in total. The summed E-state index contributed by atoms with van der Waals surface area (Å²) in [4.78, 5) is 25.1. The molecular weight excluding hydrogens is 228 g/mol. The highest BCUT2D eigenvalue weighted by Gasteiger charge is 2.10. The Bertz CT molecular complexity index is 422. The van der Waals surface area contributed by atoms with E-state index < -0.39 is 0 Å². The lowest BCUT2D eigenvalue weighted by atomic mass is 10.1. The van der Waals surface area contributed by atoms with E-state index in [-0.39, 0.29) is 24.2 Å². The van der Waals surface area contributed by atoms with Crippen LogP contribution in [0.5, 0.6) is 0 Å². The summed E-state index contributed by atoms with van der Waals surface area (Å²) >= 11 is 0. The van der Waals surface area contributed by atoms with E-state index in [1.807, 2.05) is 45.0 Å². The number of hydrogen-bond acceptors (Lipinski definition) is 3. The highest BCUT2D eigenvalue weighted by molar-refractivity contribution is 5.97. The molecule has 0 fully saturated rings. The first-order valence-corrected chi connectivity index (χ1v) is 6.00.